The van der Waals surface area contributed by atoms with Gasteiger partial charge in [0.25, 0.3) is 0 Å². The second-order valence-corrected chi connectivity index (χ2v) is 5.75. The summed E-state index contributed by atoms with van der Waals surface area (Å²) >= 11 is 0. The monoisotopic (exact) mass is 242 g/mol. The Kier molecular flexibility index (Phi) is 3.58. The van der Waals surface area contributed by atoms with E-state index in [2.05, 4.69) is 67.7 Å². The van der Waals surface area contributed by atoms with E-state index >= 15 is 0 Å². The lowest BCUT2D eigenvalue weighted by Gasteiger charge is -2.20. The first-order valence-electron chi connectivity index (χ1n) is 6.43. The third-order valence-electron chi connectivity index (χ3n) is 2.99. The SMILES string of the molecule is C=CCn1ccc2ccc(CNC(C)(C)C)cc21. The fraction of sp³-hybridized carbons (Fsp3) is 0.375. The molecule has 1 N–H and O–H groups in total. The summed E-state index contributed by atoms with van der Waals surface area (Å²) in [4.78, 5) is 0. The molecular weight excluding hydrogens is 220 g/mol. The molecule has 1 heterocycles. The largest absolute Gasteiger partial charge is 0.344 e. The molecule has 0 aliphatic heterocycles. The predicted octanol–water partition coefficient (Wildman–Crippen LogP) is 3.72. The summed E-state index contributed by atoms with van der Waals surface area (Å²) in [6.45, 7) is 12.1. The number of nitrogens with one attached hydrogen (secondary N) is 1. The van der Waals surface area contributed by atoms with Gasteiger partial charge in [-0.15, -0.1) is 6.58 Å². The third-order valence-corrected chi connectivity index (χ3v) is 2.99. The molecule has 0 unspecified atom stereocenters. The topological polar surface area (TPSA) is 17.0 Å². The Morgan fingerprint density at radius 1 is 1.28 bits per heavy atom. The summed E-state index contributed by atoms with van der Waals surface area (Å²) in [6, 6.07) is 8.80. The maximum Gasteiger partial charge on any atom is 0.0486 e. The van der Waals surface area contributed by atoms with Crippen LogP contribution >= 0.6 is 0 Å². The average Bonchev–Trinajstić information content (AvgIpc) is 2.69. The van der Waals surface area contributed by atoms with Gasteiger partial charge in [0.2, 0.25) is 0 Å². The van der Waals surface area contributed by atoms with E-state index in [1.54, 1.807) is 0 Å². The Morgan fingerprint density at radius 2 is 2.06 bits per heavy atom. The van der Waals surface area contributed by atoms with E-state index in [1.807, 2.05) is 6.08 Å². The van der Waals surface area contributed by atoms with E-state index in [-0.39, 0.29) is 5.54 Å². The number of benzene rings is 1. The summed E-state index contributed by atoms with van der Waals surface area (Å²) in [5.41, 5.74) is 2.75. The van der Waals surface area contributed by atoms with Crippen LogP contribution in [0.3, 0.4) is 0 Å². The minimum Gasteiger partial charge on any atom is -0.344 e. The molecule has 0 aliphatic carbocycles. The molecule has 0 saturated heterocycles. The van der Waals surface area contributed by atoms with Crippen molar-refractivity contribution in [2.45, 2.75) is 39.4 Å². The fourth-order valence-electron chi connectivity index (χ4n) is 2.00. The van der Waals surface area contributed by atoms with Crippen LogP contribution in [0.1, 0.15) is 26.3 Å². The normalized spacial score (nSPS) is 11.9. The smallest absolute Gasteiger partial charge is 0.0486 e. The Bertz CT molecular complexity index is 544. The second-order valence-electron chi connectivity index (χ2n) is 5.75. The van der Waals surface area contributed by atoms with Crippen LogP contribution in [0.15, 0.2) is 43.1 Å². The van der Waals surface area contributed by atoms with Crippen molar-refractivity contribution in [1.82, 2.24) is 9.88 Å². The predicted molar refractivity (Wildman–Crippen MR) is 78.7 cm³/mol. The van der Waals surface area contributed by atoms with E-state index in [0.29, 0.717) is 0 Å². The van der Waals surface area contributed by atoms with Gasteiger partial charge in [0.05, 0.1) is 0 Å². The molecule has 0 radical (unpaired) electrons. The van der Waals surface area contributed by atoms with Gasteiger partial charge < -0.3 is 9.88 Å². The minimum absolute atomic E-state index is 0.151. The highest BCUT2D eigenvalue weighted by atomic mass is 15.0. The Hall–Kier alpha value is -1.54. The van der Waals surface area contributed by atoms with Crippen LogP contribution in [-0.4, -0.2) is 10.1 Å². The van der Waals surface area contributed by atoms with E-state index in [1.165, 1.54) is 16.5 Å². The Balaban J connectivity index is 2.25. The van der Waals surface area contributed by atoms with E-state index in [0.717, 1.165) is 13.1 Å². The molecule has 2 heteroatoms. The molecule has 2 aromatic rings. The molecule has 96 valence electrons. The van der Waals surface area contributed by atoms with Gasteiger partial charge in [-0.05, 0) is 43.9 Å². The van der Waals surface area contributed by atoms with Crippen LogP contribution in [0, 0.1) is 0 Å². The minimum atomic E-state index is 0.151. The van der Waals surface area contributed by atoms with Gasteiger partial charge in [0.15, 0.2) is 0 Å². The zero-order valence-electron chi connectivity index (χ0n) is 11.5. The molecule has 0 fully saturated rings. The zero-order chi connectivity index (χ0) is 13.2. The molecule has 2 nitrogen and oxygen atoms in total. The summed E-state index contributed by atoms with van der Waals surface area (Å²) in [5, 5.41) is 4.81. The number of allylic oxidation sites excluding steroid dienone is 1. The van der Waals surface area contributed by atoms with Crippen molar-refractivity contribution in [3.05, 3.63) is 48.7 Å². The van der Waals surface area contributed by atoms with Crippen molar-refractivity contribution in [2.24, 2.45) is 0 Å². The number of aromatic nitrogens is 1. The number of hydrogen-bond donors (Lipinski definition) is 1. The molecule has 0 atom stereocenters. The summed E-state index contributed by atoms with van der Waals surface area (Å²) in [7, 11) is 0. The van der Waals surface area contributed by atoms with E-state index in [9.17, 15) is 0 Å². The maximum absolute atomic E-state index is 3.80. The number of fused-ring (bicyclic) bond motifs is 1. The molecule has 1 aromatic carbocycles. The second kappa shape index (κ2) is 4.99. The first-order valence-corrected chi connectivity index (χ1v) is 6.43. The molecule has 0 aliphatic rings. The molecule has 18 heavy (non-hydrogen) atoms. The van der Waals surface area contributed by atoms with Crippen molar-refractivity contribution in [1.29, 1.82) is 0 Å². The van der Waals surface area contributed by atoms with Crippen LogP contribution < -0.4 is 5.32 Å². The van der Waals surface area contributed by atoms with Crippen LogP contribution in [0.5, 0.6) is 0 Å². The molecule has 0 amide bonds. The molecule has 2 rings (SSSR count). The van der Waals surface area contributed by atoms with Crippen LogP contribution in [-0.2, 0) is 13.1 Å². The molecule has 1 aromatic heterocycles. The van der Waals surface area contributed by atoms with Gasteiger partial charge >= 0.3 is 0 Å². The van der Waals surface area contributed by atoms with Crippen molar-refractivity contribution >= 4 is 10.9 Å². The van der Waals surface area contributed by atoms with Crippen molar-refractivity contribution in [2.75, 3.05) is 0 Å². The van der Waals surface area contributed by atoms with Gasteiger partial charge in [0, 0.05) is 30.3 Å². The van der Waals surface area contributed by atoms with Crippen LogP contribution in [0.4, 0.5) is 0 Å². The van der Waals surface area contributed by atoms with Gasteiger partial charge in [-0.1, -0.05) is 18.2 Å². The quantitative estimate of drug-likeness (QED) is 0.809. The van der Waals surface area contributed by atoms with Gasteiger partial charge in [-0.2, -0.15) is 0 Å². The lowest BCUT2D eigenvalue weighted by atomic mass is 10.1. The van der Waals surface area contributed by atoms with E-state index < -0.39 is 0 Å². The highest BCUT2D eigenvalue weighted by Crippen LogP contribution is 2.18. The van der Waals surface area contributed by atoms with Gasteiger partial charge in [-0.3, -0.25) is 0 Å². The Labute approximate surface area is 109 Å². The highest BCUT2D eigenvalue weighted by molar-refractivity contribution is 5.80. The van der Waals surface area contributed by atoms with Crippen LogP contribution in [0.2, 0.25) is 0 Å². The average molecular weight is 242 g/mol. The molecule has 0 saturated carbocycles. The summed E-state index contributed by atoms with van der Waals surface area (Å²) < 4.78 is 2.23. The number of rotatable bonds is 4. The highest BCUT2D eigenvalue weighted by Gasteiger charge is 2.09. The van der Waals surface area contributed by atoms with Crippen molar-refractivity contribution in [3.8, 4) is 0 Å². The number of nitrogens with zero attached hydrogens (tertiary/aromatic N) is 1. The summed E-state index contributed by atoms with van der Waals surface area (Å²) in [6.07, 6.45) is 4.05. The molecule has 0 spiro atoms. The van der Waals surface area contributed by atoms with Gasteiger partial charge in [-0.25, -0.2) is 0 Å². The first kappa shape index (κ1) is 12.9. The maximum atomic E-state index is 3.80. The first-order chi connectivity index (χ1) is 8.49. The lowest BCUT2D eigenvalue weighted by Crippen LogP contribution is -2.35. The van der Waals surface area contributed by atoms with Gasteiger partial charge in [0.1, 0.15) is 0 Å². The number of hydrogen-bond acceptors (Lipinski definition) is 1. The van der Waals surface area contributed by atoms with Crippen molar-refractivity contribution in [3.63, 3.8) is 0 Å². The molecular formula is C16H22N2. The standard InChI is InChI=1S/C16H22N2/c1-5-9-18-10-8-14-7-6-13(11-15(14)18)12-17-16(2,3)4/h5-8,10-11,17H,1,9,12H2,2-4H3. The fourth-order valence-corrected chi connectivity index (χ4v) is 2.00. The zero-order valence-corrected chi connectivity index (χ0v) is 11.5. The van der Waals surface area contributed by atoms with E-state index in [4.69, 9.17) is 0 Å². The summed E-state index contributed by atoms with van der Waals surface area (Å²) in [5.74, 6) is 0. The Morgan fingerprint density at radius 3 is 2.72 bits per heavy atom. The van der Waals surface area contributed by atoms with Crippen LogP contribution in [0.25, 0.3) is 10.9 Å². The van der Waals surface area contributed by atoms with Crippen molar-refractivity contribution < 1.29 is 0 Å². The third kappa shape index (κ3) is 3.02. The lowest BCUT2D eigenvalue weighted by molar-refractivity contribution is 0.424. The molecule has 0 bridgehead atoms.